The summed E-state index contributed by atoms with van der Waals surface area (Å²) in [5.74, 6) is 0. The van der Waals surface area contributed by atoms with Gasteiger partial charge in [0.05, 0.1) is 26.8 Å². The van der Waals surface area contributed by atoms with E-state index in [4.69, 9.17) is 28.5 Å². The number of pyridine rings is 1. The maximum atomic E-state index is 9.13. The van der Waals surface area contributed by atoms with Crippen molar-refractivity contribution in [3.63, 3.8) is 0 Å². The molecule has 0 radical (unpaired) electrons. The summed E-state index contributed by atoms with van der Waals surface area (Å²) in [4.78, 5) is 4.22. The van der Waals surface area contributed by atoms with Crippen LogP contribution < -0.4 is 5.32 Å². The number of fused-ring (bicyclic) bond motifs is 1. The van der Waals surface area contributed by atoms with Crippen molar-refractivity contribution in [1.82, 2.24) is 4.98 Å². The van der Waals surface area contributed by atoms with E-state index in [0.29, 0.717) is 38.7 Å². The first-order valence-electron chi connectivity index (χ1n) is 5.51. The zero-order chi connectivity index (χ0) is 13.3. The fraction of sp³-hybridized carbons (Fsp3) is 0.231. The van der Waals surface area contributed by atoms with Crippen molar-refractivity contribution in [3.05, 3.63) is 33.4 Å². The van der Waals surface area contributed by atoms with Crippen LogP contribution in [0.5, 0.6) is 0 Å². The molecule has 1 heterocycles. The van der Waals surface area contributed by atoms with E-state index in [1.54, 1.807) is 6.07 Å². The quantitative estimate of drug-likeness (QED) is 0.898. The highest BCUT2D eigenvalue weighted by Crippen LogP contribution is 2.37. The van der Waals surface area contributed by atoms with Crippen molar-refractivity contribution in [1.29, 1.82) is 5.26 Å². The predicted molar refractivity (Wildman–Crippen MR) is 75.4 cm³/mol. The summed E-state index contributed by atoms with van der Waals surface area (Å²) in [5, 5.41) is 14.1. The molecule has 1 N–H and O–H groups in total. The van der Waals surface area contributed by atoms with Gasteiger partial charge < -0.3 is 5.32 Å². The first kappa shape index (κ1) is 12.9. The second-order valence-corrected chi connectivity index (χ2v) is 4.69. The lowest BCUT2D eigenvalue weighted by Gasteiger charge is -2.13. The van der Waals surface area contributed by atoms with Gasteiger partial charge in [-0.15, -0.1) is 0 Å². The van der Waals surface area contributed by atoms with Crippen LogP contribution in [-0.2, 0) is 0 Å². The van der Waals surface area contributed by atoms with Crippen LogP contribution in [0.3, 0.4) is 0 Å². The van der Waals surface area contributed by atoms with Gasteiger partial charge in [-0.3, -0.25) is 4.98 Å². The Morgan fingerprint density at radius 3 is 2.78 bits per heavy atom. The number of nitrogens with one attached hydrogen (secondary N) is 1. The number of nitrogens with zero attached hydrogens (tertiary/aromatic N) is 2. The Kier molecular flexibility index (Phi) is 3.60. The van der Waals surface area contributed by atoms with E-state index in [1.165, 1.54) is 6.20 Å². The number of hydrogen-bond acceptors (Lipinski definition) is 3. The highest BCUT2D eigenvalue weighted by molar-refractivity contribution is 6.41. The summed E-state index contributed by atoms with van der Waals surface area (Å²) in [6.07, 6.45) is 1.51. The SMILES string of the molecule is CCNc1c(C#N)cnc2c(Cl)cc(C)c(Cl)c12. The molecule has 0 amide bonds. The van der Waals surface area contributed by atoms with Crippen LogP contribution in [0, 0.1) is 18.3 Å². The van der Waals surface area contributed by atoms with Gasteiger partial charge in [-0.05, 0) is 25.5 Å². The van der Waals surface area contributed by atoms with Crippen LogP contribution in [0.1, 0.15) is 18.1 Å². The summed E-state index contributed by atoms with van der Waals surface area (Å²) < 4.78 is 0. The molecule has 2 aromatic rings. The van der Waals surface area contributed by atoms with Gasteiger partial charge >= 0.3 is 0 Å². The van der Waals surface area contributed by atoms with E-state index in [2.05, 4.69) is 16.4 Å². The maximum absolute atomic E-state index is 9.13. The molecule has 0 spiro atoms. The number of rotatable bonds is 2. The Balaban J connectivity index is 2.95. The molecule has 0 atom stereocenters. The minimum Gasteiger partial charge on any atom is -0.384 e. The fourth-order valence-electron chi connectivity index (χ4n) is 1.87. The monoisotopic (exact) mass is 279 g/mol. The number of hydrogen-bond donors (Lipinski definition) is 1. The molecule has 0 aliphatic rings. The number of aromatic nitrogens is 1. The van der Waals surface area contributed by atoms with Crippen molar-refractivity contribution >= 4 is 39.8 Å². The second-order valence-electron chi connectivity index (χ2n) is 3.90. The van der Waals surface area contributed by atoms with Crippen molar-refractivity contribution in [2.24, 2.45) is 0 Å². The standard InChI is InChI=1S/C13H11Cl2N3/c1-3-17-12-8(5-16)6-18-13-9(14)4-7(2)11(15)10(12)13/h4,6H,3H2,1-2H3,(H,17,18). The summed E-state index contributed by atoms with van der Waals surface area (Å²) >= 11 is 12.5. The van der Waals surface area contributed by atoms with E-state index in [1.807, 2.05) is 13.8 Å². The minimum absolute atomic E-state index is 0.466. The molecular formula is C13H11Cl2N3. The normalized spacial score (nSPS) is 10.4. The molecule has 3 nitrogen and oxygen atoms in total. The lowest BCUT2D eigenvalue weighted by Crippen LogP contribution is -2.02. The van der Waals surface area contributed by atoms with E-state index in [0.717, 1.165) is 5.56 Å². The van der Waals surface area contributed by atoms with Crippen molar-refractivity contribution < 1.29 is 0 Å². The molecule has 0 fully saturated rings. The number of halogens is 2. The van der Waals surface area contributed by atoms with Gasteiger partial charge in [0.2, 0.25) is 0 Å². The van der Waals surface area contributed by atoms with Crippen LogP contribution in [0.4, 0.5) is 5.69 Å². The summed E-state index contributed by atoms with van der Waals surface area (Å²) in [6, 6.07) is 3.89. The molecule has 0 aliphatic heterocycles. The third-order valence-electron chi connectivity index (χ3n) is 2.69. The van der Waals surface area contributed by atoms with E-state index in [9.17, 15) is 0 Å². The van der Waals surface area contributed by atoms with Gasteiger partial charge in [-0.25, -0.2) is 0 Å². The van der Waals surface area contributed by atoms with Gasteiger partial charge in [-0.2, -0.15) is 5.26 Å². The highest BCUT2D eigenvalue weighted by Gasteiger charge is 2.15. The van der Waals surface area contributed by atoms with Gasteiger partial charge in [0.1, 0.15) is 6.07 Å². The molecule has 0 bridgehead atoms. The summed E-state index contributed by atoms with van der Waals surface area (Å²) in [7, 11) is 0. The first-order chi connectivity index (χ1) is 8.60. The van der Waals surface area contributed by atoms with Crippen LogP contribution in [0.25, 0.3) is 10.9 Å². The van der Waals surface area contributed by atoms with Gasteiger partial charge in [0.25, 0.3) is 0 Å². The Morgan fingerprint density at radius 1 is 1.44 bits per heavy atom. The Hall–Kier alpha value is -1.50. The first-order valence-corrected chi connectivity index (χ1v) is 6.27. The third kappa shape index (κ3) is 1.98. The molecule has 92 valence electrons. The number of aryl methyl sites for hydroxylation is 1. The third-order valence-corrected chi connectivity index (χ3v) is 3.46. The van der Waals surface area contributed by atoms with Gasteiger partial charge in [-0.1, -0.05) is 23.2 Å². The molecule has 0 saturated carbocycles. The lowest BCUT2D eigenvalue weighted by molar-refractivity contribution is 1.21. The second kappa shape index (κ2) is 5.01. The van der Waals surface area contributed by atoms with Gasteiger partial charge in [0, 0.05) is 18.1 Å². The van der Waals surface area contributed by atoms with Crippen molar-refractivity contribution in [2.75, 3.05) is 11.9 Å². The molecule has 0 aliphatic carbocycles. The lowest BCUT2D eigenvalue weighted by atomic mass is 10.1. The summed E-state index contributed by atoms with van der Waals surface area (Å²) in [6.45, 7) is 4.52. The molecule has 0 unspecified atom stereocenters. The Morgan fingerprint density at radius 2 is 2.17 bits per heavy atom. The number of nitriles is 1. The largest absolute Gasteiger partial charge is 0.384 e. The van der Waals surface area contributed by atoms with Crippen LogP contribution in [-0.4, -0.2) is 11.5 Å². The zero-order valence-corrected chi connectivity index (χ0v) is 11.5. The highest BCUT2D eigenvalue weighted by atomic mass is 35.5. The smallest absolute Gasteiger partial charge is 0.103 e. The van der Waals surface area contributed by atoms with E-state index in [-0.39, 0.29) is 0 Å². The van der Waals surface area contributed by atoms with E-state index >= 15 is 0 Å². The van der Waals surface area contributed by atoms with E-state index < -0.39 is 0 Å². The molecular weight excluding hydrogens is 269 g/mol. The molecule has 1 aromatic carbocycles. The Labute approximate surface area is 115 Å². The average molecular weight is 280 g/mol. The molecule has 18 heavy (non-hydrogen) atoms. The van der Waals surface area contributed by atoms with Gasteiger partial charge in [0.15, 0.2) is 0 Å². The molecule has 0 saturated heterocycles. The molecule has 1 aromatic heterocycles. The Bertz CT molecular complexity index is 660. The van der Waals surface area contributed by atoms with Crippen molar-refractivity contribution in [3.8, 4) is 6.07 Å². The fourth-order valence-corrected chi connectivity index (χ4v) is 2.42. The zero-order valence-electron chi connectivity index (χ0n) is 10.0. The maximum Gasteiger partial charge on any atom is 0.103 e. The number of anilines is 1. The molecule has 5 heteroatoms. The topological polar surface area (TPSA) is 48.7 Å². The van der Waals surface area contributed by atoms with Crippen molar-refractivity contribution in [2.45, 2.75) is 13.8 Å². The molecule has 2 rings (SSSR count). The average Bonchev–Trinajstić information content (AvgIpc) is 2.36. The van der Waals surface area contributed by atoms with Crippen LogP contribution >= 0.6 is 23.2 Å². The van der Waals surface area contributed by atoms with Crippen LogP contribution in [0.15, 0.2) is 12.3 Å². The summed E-state index contributed by atoms with van der Waals surface area (Å²) in [5.41, 5.74) is 2.64. The predicted octanol–water partition coefficient (Wildman–Crippen LogP) is 4.15. The number of benzene rings is 1. The minimum atomic E-state index is 0.466. The van der Waals surface area contributed by atoms with Crippen LogP contribution in [0.2, 0.25) is 10.0 Å².